The zero-order chi connectivity index (χ0) is 10.8. The molecule has 0 spiro atoms. The maximum Gasteiger partial charge on any atom is 0.276 e. The molecule has 0 aliphatic heterocycles. The van der Waals surface area contributed by atoms with Gasteiger partial charge in [0.25, 0.3) is 5.92 Å². The summed E-state index contributed by atoms with van der Waals surface area (Å²) in [4.78, 5) is 3.50. The molecule has 0 unspecified atom stereocenters. The van der Waals surface area contributed by atoms with Gasteiger partial charge in [-0.05, 0) is 6.07 Å². The highest BCUT2D eigenvalue weighted by Crippen LogP contribution is 2.33. The van der Waals surface area contributed by atoms with Crippen LogP contribution in [0.25, 0.3) is 0 Å². The molecule has 0 fully saturated rings. The van der Waals surface area contributed by atoms with Gasteiger partial charge in [-0.1, -0.05) is 23.2 Å². The fourth-order valence-electron chi connectivity index (χ4n) is 0.906. The van der Waals surface area contributed by atoms with Crippen molar-refractivity contribution in [3.8, 4) is 0 Å². The summed E-state index contributed by atoms with van der Waals surface area (Å²) in [5, 5.41) is 8.38. The molecule has 78 valence electrons. The SMILES string of the molecule is OCCC(F)(F)c1cnc(Cl)c(Cl)c1. The van der Waals surface area contributed by atoms with E-state index in [0.717, 1.165) is 12.3 Å². The Bertz CT molecular complexity index is 333. The van der Waals surface area contributed by atoms with Gasteiger partial charge in [-0.3, -0.25) is 0 Å². The average molecular weight is 242 g/mol. The maximum atomic E-state index is 13.2. The van der Waals surface area contributed by atoms with Gasteiger partial charge in [0.2, 0.25) is 0 Å². The second-order valence-electron chi connectivity index (χ2n) is 2.67. The molecule has 1 N–H and O–H groups in total. The first-order valence-corrected chi connectivity index (χ1v) is 4.53. The molecule has 1 heterocycles. The molecule has 14 heavy (non-hydrogen) atoms. The Morgan fingerprint density at radius 3 is 2.57 bits per heavy atom. The van der Waals surface area contributed by atoms with Crippen LogP contribution in [0.2, 0.25) is 10.2 Å². The standard InChI is InChI=1S/C8H7Cl2F2NO/c9-6-3-5(4-13-7(6)10)8(11,12)1-2-14/h3-4,14H,1-2H2. The van der Waals surface area contributed by atoms with Crippen molar-refractivity contribution in [3.63, 3.8) is 0 Å². The predicted octanol–water partition coefficient (Wildman–Crippen LogP) is 2.86. The van der Waals surface area contributed by atoms with Crippen molar-refractivity contribution < 1.29 is 13.9 Å². The highest BCUT2D eigenvalue weighted by atomic mass is 35.5. The quantitative estimate of drug-likeness (QED) is 0.826. The molecular weight excluding hydrogens is 235 g/mol. The summed E-state index contributed by atoms with van der Waals surface area (Å²) >= 11 is 11.0. The topological polar surface area (TPSA) is 33.1 Å². The van der Waals surface area contributed by atoms with Crippen molar-refractivity contribution in [2.24, 2.45) is 0 Å². The third kappa shape index (κ3) is 2.53. The number of pyridine rings is 1. The Kier molecular flexibility index (Phi) is 3.64. The van der Waals surface area contributed by atoms with Crippen LogP contribution in [0.4, 0.5) is 8.78 Å². The fourth-order valence-corrected chi connectivity index (χ4v) is 1.18. The van der Waals surface area contributed by atoms with E-state index in [1.165, 1.54) is 0 Å². The number of hydrogen-bond acceptors (Lipinski definition) is 2. The van der Waals surface area contributed by atoms with Crippen LogP contribution in [0, 0.1) is 0 Å². The summed E-state index contributed by atoms with van der Waals surface area (Å²) in [6, 6.07) is 1.05. The van der Waals surface area contributed by atoms with E-state index in [1.54, 1.807) is 0 Å². The molecule has 0 aliphatic carbocycles. The molecule has 2 nitrogen and oxygen atoms in total. The molecule has 0 saturated carbocycles. The van der Waals surface area contributed by atoms with Crippen LogP contribution in [0.1, 0.15) is 12.0 Å². The van der Waals surface area contributed by atoms with Crippen molar-refractivity contribution in [2.75, 3.05) is 6.61 Å². The van der Waals surface area contributed by atoms with Gasteiger partial charge in [-0.25, -0.2) is 13.8 Å². The molecule has 1 rings (SSSR count). The van der Waals surface area contributed by atoms with Crippen LogP contribution in [0.15, 0.2) is 12.3 Å². The summed E-state index contributed by atoms with van der Waals surface area (Å²) in [7, 11) is 0. The molecule has 1 aromatic rings. The normalized spacial score (nSPS) is 11.8. The first-order chi connectivity index (χ1) is 6.47. The van der Waals surface area contributed by atoms with Crippen LogP contribution in [-0.2, 0) is 5.92 Å². The number of aliphatic hydroxyl groups excluding tert-OH is 1. The molecule has 1 aromatic heterocycles. The van der Waals surface area contributed by atoms with E-state index < -0.39 is 19.0 Å². The smallest absolute Gasteiger partial charge is 0.276 e. The van der Waals surface area contributed by atoms with E-state index in [1.807, 2.05) is 0 Å². The Morgan fingerprint density at radius 1 is 1.43 bits per heavy atom. The van der Waals surface area contributed by atoms with Crippen LogP contribution in [0.5, 0.6) is 0 Å². The summed E-state index contributed by atoms with van der Waals surface area (Å²) < 4.78 is 26.3. The molecule has 0 saturated heterocycles. The van der Waals surface area contributed by atoms with Gasteiger partial charge >= 0.3 is 0 Å². The molecular formula is C8H7Cl2F2NO. The number of nitrogens with zero attached hydrogens (tertiary/aromatic N) is 1. The van der Waals surface area contributed by atoms with Gasteiger partial charge in [0.1, 0.15) is 5.15 Å². The molecule has 0 aliphatic rings. The highest BCUT2D eigenvalue weighted by molar-refractivity contribution is 6.41. The zero-order valence-electron chi connectivity index (χ0n) is 6.98. The monoisotopic (exact) mass is 241 g/mol. The third-order valence-electron chi connectivity index (χ3n) is 1.64. The number of aliphatic hydroxyl groups is 1. The lowest BCUT2D eigenvalue weighted by Gasteiger charge is -2.15. The minimum Gasteiger partial charge on any atom is -0.396 e. The highest BCUT2D eigenvalue weighted by Gasteiger charge is 2.31. The Morgan fingerprint density at radius 2 is 2.07 bits per heavy atom. The summed E-state index contributed by atoms with van der Waals surface area (Å²) in [5.41, 5.74) is -0.346. The second-order valence-corrected chi connectivity index (χ2v) is 3.44. The van der Waals surface area contributed by atoms with Crippen molar-refractivity contribution >= 4 is 23.2 Å². The van der Waals surface area contributed by atoms with Gasteiger partial charge in [0, 0.05) is 24.8 Å². The van der Waals surface area contributed by atoms with Crippen LogP contribution in [-0.4, -0.2) is 16.7 Å². The summed E-state index contributed by atoms with van der Waals surface area (Å²) in [6.45, 7) is -0.604. The molecule has 6 heteroatoms. The van der Waals surface area contributed by atoms with E-state index in [2.05, 4.69) is 4.98 Å². The molecule has 0 bridgehead atoms. The van der Waals surface area contributed by atoms with Crippen LogP contribution >= 0.6 is 23.2 Å². The van der Waals surface area contributed by atoms with Gasteiger partial charge in [0.05, 0.1) is 5.02 Å². The number of halogens is 4. The second kappa shape index (κ2) is 4.38. The third-order valence-corrected chi connectivity index (χ3v) is 2.33. The fraction of sp³-hybridized carbons (Fsp3) is 0.375. The lowest BCUT2D eigenvalue weighted by Crippen LogP contribution is -2.15. The van der Waals surface area contributed by atoms with Crippen molar-refractivity contribution in [2.45, 2.75) is 12.3 Å². The Labute approximate surface area is 89.5 Å². The summed E-state index contributed by atoms with van der Waals surface area (Å²) in [6.07, 6.45) is 0.288. The summed E-state index contributed by atoms with van der Waals surface area (Å²) in [5.74, 6) is -3.13. The van der Waals surface area contributed by atoms with Gasteiger partial charge in [0.15, 0.2) is 0 Å². The minimum atomic E-state index is -3.13. The van der Waals surface area contributed by atoms with Crippen LogP contribution < -0.4 is 0 Å². The maximum absolute atomic E-state index is 13.2. The molecule has 0 amide bonds. The number of aromatic nitrogens is 1. The minimum absolute atomic E-state index is 0.0183. The van der Waals surface area contributed by atoms with Gasteiger partial charge < -0.3 is 5.11 Å². The van der Waals surface area contributed by atoms with Crippen LogP contribution in [0.3, 0.4) is 0 Å². The number of rotatable bonds is 3. The van der Waals surface area contributed by atoms with E-state index in [-0.39, 0.29) is 15.7 Å². The largest absolute Gasteiger partial charge is 0.396 e. The molecule has 0 aromatic carbocycles. The first kappa shape index (κ1) is 11.6. The van der Waals surface area contributed by atoms with Crippen molar-refractivity contribution in [1.29, 1.82) is 0 Å². The molecule has 0 atom stereocenters. The van der Waals surface area contributed by atoms with E-state index in [9.17, 15) is 8.78 Å². The Hall–Kier alpha value is -0.450. The molecule has 0 radical (unpaired) electrons. The first-order valence-electron chi connectivity index (χ1n) is 3.77. The van der Waals surface area contributed by atoms with Gasteiger partial charge in [-0.2, -0.15) is 0 Å². The van der Waals surface area contributed by atoms with E-state index >= 15 is 0 Å². The van der Waals surface area contributed by atoms with Crippen molar-refractivity contribution in [1.82, 2.24) is 4.98 Å². The lowest BCUT2D eigenvalue weighted by atomic mass is 10.1. The predicted molar refractivity (Wildman–Crippen MR) is 49.9 cm³/mol. The van der Waals surface area contributed by atoms with E-state index in [0.29, 0.717) is 0 Å². The lowest BCUT2D eigenvalue weighted by molar-refractivity contribution is -0.0272. The Balaban J connectivity index is 3.01. The number of hydrogen-bond donors (Lipinski definition) is 1. The van der Waals surface area contributed by atoms with Crippen molar-refractivity contribution in [3.05, 3.63) is 28.0 Å². The van der Waals surface area contributed by atoms with E-state index in [4.69, 9.17) is 28.3 Å². The zero-order valence-corrected chi connectivity index (χ0v) is 8.49. The average Bonchev–Trinajstić information content (AvgIpc) is 2.09. The van der Waals surface area contributed by atoms with Gasteiger partial charge in [-0.15, -0.1) is 0 Å². The number of alkyl halides is 2.